The molecule has 122 valence electrons. The zero-order chi connectivity index (χ0) is 16.6. The van der Waals surface area contributed by atoms with Crippen LogP contribution >= 0.6 is 11.3 Å². The molecule has 0 saturated heterocycles. The SMILES string of the molecule is CS(=O)(=O)c1ncc2c(n1)CCN(Cc1ccc([N+](=O)[O-])s1)C2. The molecule has 2 aromatic rings. The predicted octanol–water partition coefficient (Wildman–Crippen LogP) is 1.41. The minimum atomic E-state index is -3.40. The van der Waals surface area contributed by atoms with E-state index >= 15 is 0 Å². The van der Waals surface area contributed by atoms with Gasteiger partial charge >= 0.3 is 5.00 Å². The van der Waals surface area contributed by atoms with Crippen molar-refractivity contribution in [1.82, 2.24) is 14.9 Å². The summed E-state index contributed by atoms with van der Waals surface area (Å²) in [6, 6.07) is 3.28. The average Bonchev–Trinajstić information content (AvgIpc) is 2.94. The van der Waals surface area contributed by atoms with Crippen LogP contribution in [-0.4, -0.2) is 41.0 Å². The largest absolute Gasteiger partial charge is 0.324 e. The number of nitro groups is 1. The maximum absolute atomic E-state index is 11.5. The molecule has 3 rings (SSSR count). The lowest BCUT2D eigenvalue weighted by Crippen LogP contribution is -2.31. The zero-order valence-corrected chi connectivity index (χ0v) is 13.9. The normalized spacial score (nSPS) is 15.3. The number of rotatable bonds is 4. The van der Waals surface area contributed by atoms with Crippen molar-refractivity contribution in [2.24, 2.45) is 0 Å². The van der Waals surface area contributed by atoms with Gasteiger partial charge in [-0.3, -0.25) is 15.0 Å². The lowest BCUT2D eigenvalue weighted by molar-refractivity contribution is -0.380. The van der Waals surface area contributed by atoms with Crippen molar-refractivity contribution in [3.8, 4) is 0 Å². The fourth-order valence-corrected chi connectivity index (χ4v) is 3.82. The molecule has 1 aliphatic rings. The van der Waals surface area contributed by atoms with E-state index in [-0.39, 0.29) is 15.1 Å². The summed E-state index contributed by atoms with van der Waals surface area (Å²) in [6.07, 6.45) is 3.28. The molecule has 0 spiro atoms. The Kier molecular flexibility index (Phi) is 4.13. The quantitative estimate of drug-likeness (QED) is 0.464. The van der Waals surface area contributed by atoms with E-state index in [2.05, 4.69) is 14.9 Å². The van der Waals surface area contributed by atoms with Gasteiger partial charge in [-0.15, -0.1) is 0 Å². The molecule has 2 aromatic heterocycles. The van der Waals surface area contributed by atoms with Gasteiger partial charge in [0.05, 0.1) is 10.6 Å². The molecular weight excluding hydrogens is 340 g/mol. The minimum absolute atomic E-state index is 0.138. The standard InChI is InChI=1S/C13H14N4O4S2/c1-23(20,21)13-14-6-9-7-16(5-4-11(9)15-13)8-10-2-3-12(22-10)17(18)19/h2-3,6H,4-5,7-8H2,1H3. The number of aromatic nitrogens is 2. The summed E-state index contributed by atoms with van der Waals surface area (Å²) >= 11 is 1.17. The molecule has 8 nitrogen and oxygen atoms in total. The first-order valence-electron chi connectivity index (χ1n) is 6.83. The second-order valence-corrected chi connectivity index (χ2v) is 8.41. The highest BCUT2D eigenvalue weighted by atomic mass is 32.2. The van der Waals surface area contributed by atoms with Crippen molar-refractivity contribution >= 4 is 26.2 Å². The molecule has 0 amide bonds. The Morgan fingerprint density at radius 3 is 2.87 bits per heavy atom. The van der Waals surface area contributed by atoms with Crippen molar-refractivity contribution in [2.45, 2.75) is 24.7 Å². The predicted molar refractivity (Wildman–Crippen MR) is 83.9 cm³/mol. The van der Waals surface area contributed by atoms with Crippen molar-refractivity contribution in [2.75, 3.05) is 12.8 Å². The molecule has 3 heterocycles. The maximum atomic E-state index is 11.5. The van der Waals surface area contributed by atoms with E-state index in [1.54, 1.807) is 12.3 Å². The number of fused-ring (bicyclic) bond motifs is 1. The first-order valence-corrected chi connectivity index (χ1v) is 9.54. The Balaban J connectivity index is 1.74. The van der Waals surface area contributed by atoms with Crippen LogP contribution in [-0.2, 0) is 29.3 Å². The van der Waals surface area contributed by atoms with E-state index in [1.807, 2.05) is 0 Å². The molecule has 1 aliphatic heterocycles. The lowest BCUT2D eigenvalue weighted by Gasteiger charge is -2.27. The molecule has 23 heavy (non-hydrogen) atoms. The van der Waals surface area contributed by atoms with E-state index in [0.717, 1.165) is 28.9 Å². The van der Waals surface area contributed by atoms with Crippen molar-refractivity contribution in [1.29, 1.82) is 0 Å². The van der Waals surface area contributed by atoms with Gasteiger partial charge in [0.15, 0.2) is 0 Å². The van der Waals surface area contributed by atoms with Crippen LogP contribution in [0.3, 0.4) is 0 Å². The lowest BCUT2D eigenvalue weighted by atomic mass is 10.1. The molecule has 0 atom stereocenters. The maximum Gasteiger partial charge on any atom is 0.324 e. The second-order valence-electron chi connectivity index (χ2n) is 5.35. The molecule has 0 aliphatic carbocycles. The average molecular weight is 354 g/mol. The molecule has 0 saturated carbocycles. The molecule has 0 fully saturated rings. The Hall–Kier alpha value is -1.91. The van der Waals surface area contributed by atoms with Gasteiger partial charge in [-0.05, 0) is 6.07 Å². The van der Waals surface area contributed by atoms with E-state index < -0.39 is 9.84 Å². The molecule has 0 N–H and O–H groups in total. The summed E-state index contributed by atoms with van der Waals surface area (Å²) < 4.78 is 23.0. The summed E-state index contributed by atoms with van der Waals surface area (Å²) in [6.45, 7) is 1.94. The van der Waals surface area contributed by atoms with Crippen molar-refractivity contribution in [3.05, 3.63) is 44.6 Å². The van der Waals surface area contributed by atoms with Gasteiger partial charge in [0.2, 0.25) is 15.0 Å². The monoisotopic (exact) mass is 354 g/mol. The van der Waals surface area contributed by atoms with Crippen LogP contribution in [0.25, 0.3) is 0 Å². The van der Waals surface area contributed by atoms with E-state index in [9.17, 15) is 18.5 Å². The third kappa shape index (κ3) is 3.54. The fourth-order valence-electron chi connectivity index (χ4n) is 2.44. The second kappa shape index (κ2) is 5.95. The zero-order valence-electron chi connectivity index (χ0n) is 12.3. The first-order chi connectivity index (χ1) is 10.8. The van der Waals surface area contributed by atoms with Crippen LogP contribution in [0.5, 0.6) is 0 Å². The van der Waals surface area contributed by atoms with Gasteiger partial charge in [-0.2, -0.15) is 0 Å². The topological polar surface area (TPSA) is 106 Å². The molecule has 0 aromatic carbocycles. The van der Waals surface area contributed by atoms with Gasteiger partial charge in [0, 0.05) is 55.0 Å². The van der Waals surface area contributed by atoms with E-state index in [4.69, 9.17) is 0 Å². The van der Waals surface area contributed by atoms with E-state index in [0.29, 0.717) is 19.5 Å². The van der Waals surface area contributed by atoms with Crippen LogP contribution in [0.1, 0.15) is 16.1 Å². The van der Waals surface area contributed by atoms with Crippen LogP contribution < -0.4 is 0 Å². The number of sulfone groups is 1. The van der Waals surface area contributed by atoms with Crippen LogP contribution in [0.15, 0.2) is 23.5 Å². The van der Waals surface area contributed by atoms with Crippen molar-refractivity contribution in [3.63, 3.8) is 0 Å². The Morgan fingerprint density at radius 2 is 2.22 bits per heavy atom. The van der Waals surface area contributed by atoms with Gasteiger partial charge in [0.25, 0.3) is 0 Å². The number of nitrogens with zero attached hydrogens (tertiary/aromatic N) is 4. The highest BCUT2D eigenvalue weighted by Gasteiger charge is 2.22. The van der Waals surface area contributed by atoms with Gasteiger partial charge in [-0.1, -0.05) is 11.3 Å². The third-order valence-corrected chi connectivity index (χ3v) is 5.41. The van der Waals surface area contributed by atoms with Gasteiger partial charge < -0.3 is 0 Å². The number of thiophene rings is 1. The van der Waals surface area contributed by atoms with Crippen molar-refractivity contribution < 1.29 is 13.3 Å². The van der Waals surface area contributed by atoms with E-state index in [1.165, 1.54) is 17.4 Å². The molecule has 0 radical (unpaired) electrons. The highest BCUT2D eigenvalue weighted by molar-refractivity contribution is 7.90. The highest BCUT2D eigenvalue weighted by Crippen LogP contribution is 2.27. The smallest absolute Gasteiger partial charge is 0.293 e. The molecular formula is C13H14N4O4S2. The summed E-state index contributed by atoms with van der Waals surface area (Å²) in [5.41, 5.74) is 1.66. The summed E-state index contributed by atoms with van der Waals surface area (Å²) in [4.78, 5) is 21.5. The Morgan fingerprint density at radius 1 is 1.43 bits per heavy atom. The summed E-state index contributed by atoms with van der Waals surface area (Å²) in [7, 11) is -3.40. The molecule has 10 heteroatoms. The third-order valence-electron chi connectivity index (χ3n) is 3.53. The first kappa shape index (κ1) is 16.0. The summed E-state index contributed by atoms with van der Waals surface area (Å²) in [5.74, 6) is 0. The molecule has 0 unspecified atom stereocenters. The summed E-state index contributed by atoms with van der Waals surface area (Å²) in [5, 5.41) is 10.7. The van der Waals surface area contributed by atoms with Gasteiger partial charge in [-0.25, -0.2) is 18.4 Å². The number of hydrogen-bond acceptors (Lipinski definition) is 8. The van der Waals surface area contributed by atoms with Crippen LogP contribution in [0, 0.1) is 10.1 Å². The van der Waals surface area contributed by atoms with Crippen LogP contribution in [0.4, 0.5) is 5.00 Å². The number of hydrogen-bond donors (Lipinski definition) is 0. The fraction of sp³-hybridized carbons (Fsp3) is 0.385. The van der Waals surface area contributed by atoms with Gasteiger partial charge in [0.1, 0.15) is 0 Å². The Bertz CT molecular complexity index is 863. The Labute approximate surface area is 136 Å². The van der Waals surface area contributed by atoms with Crippen LogP contribution in [0.2, 0.25) is 0 Å². The minimum Gasteiger partial charge on any atom is -0.293 e. The molecule has 0 bridgehead atoms.